The van der Waals surface area contributed by atoms with Crippen molar-refractivity contribution in [3.63, 3.8) is 0 Å². The third-order valence-corrected chi connectivity index (χ3v) is 2.56. The van der Waals surface area contributed by atoms with Crippen LogP contribution in [0.3, 0.4) is 0 Å². The summed E-state index contributed by atoms with van der Waals surface area (Å²) in [6, 6.07) is 7.46. The Morgan fingerprint density at radius 2 is 2.29 bits per heavy atom. The first-order valence-electron chi connectivity index (χ1n) is 5.76. The average molecular weight is 236 g/mol. The maximum atomic E-state index is 11.9. The lowest BCUT2D eigenvalue weighted by atomic mass is 10.1. The lowest BCUT2D eigenvalue weighted by molar-refractivity contribution is 0.0929. The minimum Gasteiger partial charge on any atom is -0.385 e. The van der Waals surface area contributed by atoms with Crippen molar-refractivity contribution in [1.29, 1.82) is 0 Å². The van der Waals surface area contributed by atoms with Gasteiger partial charge in [0, 0.05) is 31.9 Å². The summed E-state index contributed by atoms with van der Waals surface area (Å²) >= 11 is 0. The van der Waals surface area contributed by atoms with Gasteiger partial charge in [0.2, 0.25) is 0 Å². The van der Waals surface area contributed by atoms with Gasteiger partial charge >= 0.3 is 0 Å². The number of carbonyl (C=O) groups is 1. The van der Waals surface area contributed by atoms with Crippen LogP contribution in [0.1, 0.15) is 29.3 Å². The van der Waals surface area contributed by atoms with Crippen LogP contribution in [0.25, 0.3) is 0 Å². The third kappa shape index (κ3) is 4.54. The lowest BCUT2D eigenvalue weighted by Crippen LogP contribution is -2.33. The number of nitrogens with one attached hydrogen (secondary N) is 1. The van der Waals surface area contributed by atoms with Crippen molar-refractivity contribution >= 4 is 5.91 Å². The van der Waals surface area contributed by atoms with E-state index in [1.165, 1.54) is 0 Å². The molecule has 0 saturated carbocycles. The van der Waals surface area contributed by atoms with Crippen LogP contribution in [0.5, 0.6) is 0 Å². The zero-order valence-corrected chi connectivity index (χ0v) is 10.4. The second-order valence-electron chi connectivity index (χ2n) is 4.06. The van der Waals surface area contributed by atoms with E-state index in [0.717, 1.165) is 12.0 Å². The van der Waals surface area contributed by atoms with E-state index in [1.54, 1.807) is 13.2 Å². The van der Waals surface area contributed by atoms with Gasteiger partial charge in [-0.15, -0.1) is 0 Å². The number of amides is 1. The SMILES string of the molecule is COCCC(C)NC(=O)c1cccc(CN)c1. The summed E-state index contributed by atoms with van der Waals surface area (Å²) in [7, 11) is 1.65. The minimum atomic E-state index is -0.0658. The van der Waals surface area contributed by atoms with E-state index in [9.17, 15) is 4.79 Å². The third-order valence-electron chi connectivity index (χ3n) is 2.56. The van der Waals surface area contributed by atoms with E-state index in [0.29, 0.717) is 18.7 Å². The first-order chi connectivity index (χ1) is 8.17. The van der Waals surface area contributed by atoms with Crippen molar-refractivity contribution in [2.24, 2.45) is 5.73 Å². The van der Waals surface area contributed by atoms with Crippen molar-refractivity contribution in [2.45, 2.75) is 25.9 Å². The molecular weight excluding hydrogens is 216 g/mol. The van der Waals surface area contributed by atoms with E-state index < -0.39 is 0 Å². The second-order valence-corrected chi connectivity index (χ2v) is 4.06. The molecule has 3 N–H and O–H groups in total. The first kappa shape index (κ1) is 13.7. The molecule has 94 valence electrons. The maximum Gasteiger partial charge on any atom is 0.251 e. The van der Waals surface area contributed by atoms with E-state index in [1.807, 2.05) is 25.1 Å². The summed E-state index contributed by atoms with van der Waals surface area (Å²) in [5.41, 5.74) is 7.15. The minimum absolute atomic E-state index is 0.0658. The molecule has 0 spiro atoms. The molecule has 1 aromatic carbocycles. The number of rotatable bonds is 6. The Labute approximate surface area is 102 Å². The van der Waals surface area contributed by atoms with Crippen LogP contribution in [-0.2, 0) is 11.3 Å². The van der Waals surface area contributed by atoms with Crippen LogP contribution in [-0.4, -0.2) is 25.7 Å². The van der Waals surface area contributed by atoms with Crippen molar-refractivity contribution in [3.05, 3.63) is 35.4 Å². The molecule has 0 fully saturated rings. The quantitative estimate of drug-likeness (QED) is 0.782. The van der Waals surface area contributed by atoms with Crippen LogP contribution in [0.15, 0.2) is 24.3 Å². The fourth-order valence-electron chi connectivity index (χ4n) is 1.51. The van der Waals surface area contributed by atoms with Crippen LogP contribution < -0.4 is 11.1 Å². The Kier molecular flexibility index (Phi) is 5.66. The van der Waals surface area contributed by atoms with Gasteiger partial charge in [0.15, 0.2) is 0 Å². The standard InChI is InChI=1S/C13H20N2O2/c1-10(6-7-17-2)15-13(16)12-5-3-4-11(8-12)9-14/h3-5,8,10H,6-7,9,14H2,1-2H3,(H,15,16). The van der Waals surface area contributed by atoms with Crippen LogP contribution in [0.2, 0.25) is 0 Å². The fraction of sp³-hybridized carbons (Fsp3) is 0.462. The number of hydrogen-bond acceptors (Lipinski definition) is 3. The smallest absolute Gasteiger partial charge is 0.251 e. The number of hydrogen-bond donors (Lipinski definition) is 2. The predicted octanol–water partition coefficient (Wildman–Crippen LogP) is 1.30. The molecule has 1 amide bonds. The molecule has 1 unspecified atom stereocenters. The van der Waals surface area contributed by atoms with Crippen molar-refractivity contribution < 1.29 is 9.53 Å². The summed E-state index contributed by atoms with van der Waals surface area (Å²) in [5, 5.41) is 2.92. The Bertz CT molecular complexity index is 366. The van der Waals surface area contributed by atoms with Crippen LogP contribution in [0.4, 0.5) is 0 Å². The van der Waals surface area contributed by atoms with Crippen molar-refractivity contribution in [3.8, 4) is 0 Å². The molecule has 4 nitrogen and oxygen atoms in total. The molecule has 0 aliphatic heterocycles. The highest BCUT2D eigenvalue weighted by molar-refractivity contribution is 5.94. The summed E-state index contributed by atoms with van der Waals surface area (Å²) < 4.78 is 4.97. The van der Waals surface area contributed by atoms with E-state index in [-0.39, 0.29) is 11.9 Å². The zero-order chi connectivity index (χ0) is 12.7. The van der Waals surface area contributed by atoms with Crippen molar-refractivity contribution in [1.82, 2.24) is 5.32 Å². The van der Waals surface area contributed by atoms with Crippen LogP contribution in [0, 0.1) is 0 Å². The van der Waals surface area contributed by atoms with E-state index >= 15 is 0 Å². The molecular formula is C13H20N2O2. The van der Waals surface area contributed by atoms with Crippen LogP contribution >= 0.6 is 0 Å². The monoisotopic (exact) mass is 236 g/mol. The Hall–Kier alpha value is -1.39. The number of benzene rings is 1. The largest absolute Gasteiger partial charge is 0.385 e. The molecule has 0 saturated heterocycles. The van der Waals surface area contributed by atoms with Gasteiger partial charge in [0.05, 0.1) is 0 Å². The number of methoxy groups -OCH3 is 1. The maximum absolute atomic E-state index is 11.9. The summed E-state index contributed by atoms with van der Waals surface area (Å²) in [4.78, 5) is 11.9. The Morgan fingerprint density at radius 1 is 1.53 bits per heavy atom. The molecule has 0 aliphatic carbocycles. The molecule has 1 atom stereocenters. The van der Waals surface area contributed by atoms with Gasteiger partial charge in [-0.2, -0.15) is 0 Å². The Balaban J connectivity index is 2.56. The topological polar surface area (TPSA) is 64.3 Å². The van der Waals surface area contributed by atoms with Gasteiger partial charge in [-0.25, -0.2) is 0 Å². The zero-order valence-electron chi connectivity index (χ0n) is 10.4. The van der Waals surface area contributed by atoms with Gasteiger partial charge in [0.1, 0.15) is 0 Å². The Morgan fingerprint density at radius 3 is 2.94 bits per heavy atom. The average Bonchev–Trinajstić information content (AvgIpc) is 2.36. The molecule has 4 heteroatoms. The molecule has 1 aromatic rings. The molecule has 17 heavy (non-hydrogen) atoms. The molecule has 0 aromatic heterocycles. The van der Waals surface area contributed by atoms with Gasteiger partial charge in [0.25, 0.3) is 5.91 Å². The first-order valence-corrected chi connectivity index (χ1v) is 5.76. The van der Waals surface area contributed by atoms with Crippen molar-refractivity contribution in [2.75, 3.05) is 13.7 Å². The summed E-state index contributed by atoms with van der Waals surface area (Å²) in [6.45, 7) is 3.05. The molecule has 1 rings (SSSR count). The normalized spacial score (nSPS) is 12.2. The lowest BCUT2D eigenvalue weighted by Gasteiger charge is -2.13. The van der Waals surface area contributed by atoms with E-state index in [4.69, 9.17) is 10.5 Å². The molecule has 0 aliphatic rings. The highest BCUT2D eigenvalue weighted by Crippen LogP contribution is 2.05. The van der Waals surface area contributed by atoms with Gasteiger partial charge in [-0.3, -0.25) is 4.79 Å². The van der Waals surface area contributed by atoms with Gasteiger partial charge < -0.3 is 15.8 Å². The second kappa shape index (κ2) is 7.04. The molecule has 0 bridgehead atoms. The number of nitrogens with two attached hydrogens (primary N) is 1. The highest BCUT2D eigenvalue weighted by Gasteiger charge is 2.09. The number of carbonyl (C=O) groups excluding carboxylic acids is 1. The summed E-state index contributed by atoms with van der Waals surface area (Å²) in [6.07, 6.45) is 0.804. The predicted molar refractivity (Wildman–Crippen MR) is 67.8 cm³/mol. The van der Waals surface area contributed by atoms with Gasteiger partial charge in [-0.05, 0) is 31.0 Å². The number of ether oxygens (including phenoxy) is 1. The fourth-order valence-corrected chi connectivity index (χ4v) is 1.51. The van der Waals surface area contributed by atoms with E-state index in [2.05, 4.69) is 5.32 Å². The van der Waals surface area contributed by atoms with Gasteiger partial charge in [-0.1, -0.05) is 12.1 Å². The highest BCUT2D eigenvalue weighted by atomic mass is 16.5. The molecule has 0 radical (unpaired) electrons. The molecule has 0 heterocycles. The summed E-state index contributed by atoms with van der Waals surface area (Å²) in [5.74, 6) is -0.0658.